The van der Waals surface area contributed by atoms with Crippen molar-refractivity contribution in [2.45, 2.75) is 20.4 Å². The number of carbonyl (C=O) groups is 1. The molecule has 0 unspecified atom stereocenters. The van der Waals surface area contributed by atoms with Crippen molar-refractivity contribution in [2.75, 3.05) is 27.2 Å². The summed E-state index contributed by atoms with van der Waals surface area (Å²) >= 11 is 0. The van der Waals surface area contributed by atoms with E-state index >= 15 is 0 Å². The minimum atomic E-state index is 0.0207. The summed E-state index contributed by atoms with van der Waals surface area (Å²) in [5.41, 5.74) is 4.20. The van der Waals surface area contributed by atoms with Crippen LogP contribution in [-0.2, 0) is 13.6 Å². The Bertz CT molecular complexity index is 946. The van der Waals surface area contributed by atoms with Gasteiger partial charge in [0, 0.05) is 32.4 Å². The maximum absolute atomic E-state index is 13.5. The standard InChI is InChI=1S/C21H27N5O/c1-15-13-18(19-16(2)23-25(5)20(19)22-15)21(27)26(12-11-24(3)4)14-17-9-7-6-8-10-17/h6-10,13H,11-12,14H2,1-5H3. The second-order valence-electron chi connectivity index (χ2n) is 7.23. The van der Waals surface area contributed by atoms with E-state index in [1.54, 1.807) is 4.68 Å². The molecule has 3 aromatic rings. The minimum Gasteiger partial charge on any atom is -0.333 e. The van der Waals surface area contributed by atoms with Gasteiger partial charge in [-0.1, -0.05) is 30.3 Å². The van der Waals surface area contributed by atoms with Crippen molar-refractivity contribution in [3.63, 3.8) is 0 Å². The van der Waals surface area contributed by atoms with Crippen LogP contribution >= 0.6 is 0 Å². The molecule has 2 aromatic heterocycles. The maximum Gasteiger partial charge on any atom is 0.255 e. The fraction of sp³-hybridized carbons (Fsp3) is 0.381. The van der Waals surface area contributed by atoms with Crippen LogP contribution in [0.2, 0.25) is 0 Å². The SMILES string of the molecule is Cc1cc(C(=O)N(CCN(C)C)Cc2ccccc2)c2c(C)nn(C)c2n1. The lowest BCUT2D eigenvalue weighted by molar-refractivity contribution is 0.0733. The monoisotopic (exact) mass is 365 g/mol. The van der Waals surface area contributed by atoms with Crippen LogP contribution in [0.3, 0.4) is 0 Å². The minimum absolute atomic E-state index is 0.0207. The van der Waals surface area contributed by atoms with Gasteiger partial charge in [0.15, 0.2) is 5.65 Å². The molecular weight excluding hydrogens is 338 g/mol. The molecule has 0 fully saturated rings. The Morgan fingerprint density at radius 3 is 2.48 bits per heavy atom. The maximum atomic E-state index is 13.5. The van der Waals surface area contributed by atoms with Gasteiger partial charge >= 0.3 is 0 Å². The highest BCUT2D eigenvalue weighted by molar-refractivity contribution is 6.06. The van der Waals surface area contributed by atoms with E-state index in [-0.39, 0.29) is 5.91 Å². The summed E-state index contributed by atoms with van der Waals surface area (Å²) in [6, 6.07) is 12.0. The van der Waals surface area contributed by atoms with E-state index in [1.165, 1.54) is 0 Å². The molecular formula is C21H27N5O. The predicted molar refractivity (Wildman–Crippen MR) is 108 cm³/mol. The van der Waals surface area contributed by atoms with Crippen LogP contribution in [0.1, 0.15) is 27.3 Å². The molecule has 0 aliphatic heterocycles. The van der Waals surface area contributed by atoms with Crippen molar-refractivity contribution < 1.29 is 4.79 Å². The Morgan fingerprint density at radius 2 is 1.81 bits per heavy atom. The third-order valence-electron chi connectivity index (χ3n) is 4.65. The molecule has 6 heteroatoms. The second-order valence-corrected chi connectivity index (χ2v) is 7.23. The summed E-state index contributed by atoms with van der Waals surface area (Å²) in [5.74, 6) is 0.0207. The average Bonchev–Trinajstić information content (AvgIpc) is 2.92. The Labute approximate surface area is 160 Å². The van der Waals surface area contributed by atoms with Crippen LogP contribution in [0.4, 0.5) is 0 Å². The molecule has 0 saturated heterocycles. The van der Waals surface area contributed by atoms with Crippen molar-refractivity contribution in [1.82, 2.24) is 24.6 Å². The molecule has 27 heavy (non-hydrogen) atoms. The van der Waals surface area contributed by atoms with Crippen LogP contribution in [0.15, 0.2) is 36.4 Å². The summed E-state index contributed by atoms with van der Waals surface area (Å²) in [5, 5.41) is 5.31. The number of carbonyl (C=O) groups excluding carboxylic acids is 1. The lowest BCUT2D eigenvalue weighted by atomic mass is 10.1. The number of likely N-dealkylation sites (N-methyl/N-ethyl adjacent to an activating group) is 1. The number of benzene rings is 1. The zero-order valence-electron chi connectivity index (χ0n) is 16.7. The fourth-order valence-electron chi connectivity index (χ4n) is 3.29. The van der Waals surface area contributed by atoms with Crippen molar-refractivity contribution >= 4 is 16.9 Å². The zero-order chi connectivity index (χ0) is 19.6. The van der Waals surface area contributed by atoms with Gasteiger partial charge in [-0.05, 0) is 39.6 Å². The Balaban J connectivity index is 2.01. The third-order valence-corrected chi connectivity index (χ3v) is 4.65. The molecule has 0 atom stereocenters. The number of amides is 1. The summed E-state index contributed by atoms with van der Waals surface area (Å²) in [4.78, 5) is 22.1. The molecule has 0 aliphatic carbocycles. The van der Waals surface area contributed by atoms with Gasteiger partial charge in [-0.25, -0.2) is 4.98 Å². The van der Waals surface area contributed by atoms with Crippen molar-refractivity contribution in [3.8, 4) is 0 Å². The van der Waals surface area contributed by atoms with Gasteiger partial charge < -0.3 is 9.80 Å². The number of hydrogen-bond donors (Lipinski definition) is 0. The highest BCUT2D eigenvalue weighted by Crippen LogP contribution is 2.23. The molecule has 0 aliphatic rings. The number of rotatable bonds is 6. The van der Waals surface area contributed by atoms with E-state index in [2.05, 4.69) is 27.1 Å². The Morgan fingerprint density at radius 1 is 1.11 bits per heavy atom. The summed E-state index contributed by atoms with van der Waals surface area (Å²) in [6.45, 7) is 5.88. The topological polar surface area (TPSA) is 54.3 Å². The Kier molecular flexibility index (Phi) is 5.56. The first-order valence-corrected chi connectivity index (χ1v) is 9.15. The molecule has 0 saturated carbocycles. The van der Waals surface area contributed by atoms with Gasteiger partial charge in [-0.3, -0.25) is 9.48 Å². The molecule has 6 nitrogen and oxygen atoms in total. The van der Waals surface area contributed by atoms with Gasteiger partial charge in [0.1, 0.15) is 0 Å². The number of aryl methyl sites for hydroxylation is 3. The molecule has 0 radical (unpaired) electrons. The highest BCUT2D eigenvalue weighted by atomic mass is 16.2. The first-order valence-electron chi connectivity index (χ1n) is 9.15. The van der Waals surface area contributed by atoms with Crippen molar-refractivity contribution in [3.05, 3.63) is 58.9 Å². The van der Waals surface area contributed by atoms with Crippen LogP contribution in [-0.4, -0.2) is 57.7 Å². The zero-order valence-corrected chi connectivity index (χ0v) is 16.7. The lowest BCUT2D eigenvalue weighted by Gasteiger charge is -2.25. The van der Waals surface area contributed by atoms with Crippen LogP contribution in [0.5, 0.6) is 0 Å². The Hall–Kier alpha value is -2.73. The largest absolute Gasteiger partial charge is 0.333 e. The first-order chi connectivity index (χ1) is 12.9. The number of hydrogen-bond acceptors (Lipinski definition) is 4. The van der Waals surface area contributed by atoms with Crippen LogP contribution in [0, 0.1) is 13.8 Å². The van der Waals surface area contributed by atoms with Crippen LogP contribution in [0.25, 0.3) is 11.0 Å². The number of nitrogens with zero attached hydrogens (tertiary/aromatic N) is 5. The van der Waals surface area contributed by atoms with Gasteiger partial charge in [-0.15, -0.1) is 0 Å². The molecule has 0 spiro atoms. The van der Waals surface area contributed by atoms with Crippen LogP contribution < -0.4 is 0 Å². The third kappa shape index (κ3) is 4.17. The average molecular weight is 365 g/mol. The van der Waals surface area contributed by atoms with Gasteiger partial charge in [0.05, 0.1) is 16.6 Å². The molecule has 0 bridgehead atoms. The second kappa shape index (κ2) is 7.88. The summed E-state index contributed by atoms with van der Waals surface area (Å²) in [6.07, 6.45) is 0. The molecule has 1 amide bonds. The van der Waals surface area contributed by atoms with Gasteiger partial charge in [0.25, 0.3) is 5.91 Å². The van der Waals surface area contributed by atoms with Gasteiger partial charge in [-0.2, -0.15) is 5.10 Å². The molecule has 0 N–H and O–H groups in total. The van der Waals surface area contributed by atoms with E-state index in [4.69, 9.17) is 0 Å². The van der Waals surface area contributed by atoms with E-state index < -0.39 is 0 Å². The molecule has 142 valence electrons. The fourth-order valence-corrected chi connectivity index (χ4v) is 3.29. The quantitative estimate of drug-likeness (QED) is 0.674. The van der Waals surface area contributed by atoms with Gasteiger partial charge in [0.2, 0.25) is 0 Å². The highest BCUT2D eigenvalue weighted by Gasteiger charge is 2.22. The lowest BCUT2D eigenvalue weighted by Crippen LogP contribution is -2.36. The number of fused-ring (bicyclic) bond motifs is 1. The molecule has 3 rings (SSSR count). The summed E-state index contributed by atoms with van der Waals surface area (Å²) < 4.78 is 1.75. The van der Waals surface area contributed by atoms with E-state index in [0.29, 0.717) is 18.7 Å². The first kappa shape index (κ1) is 19.0. The molecule has 2 heterocycles. The summed E-state index contributed by atoms with van der Waals surface area (Å²) in [7, 11) is 5.90. The van der Waals surface area contributed by atoms with Crippen molar-refractivity contribution in [1.29, 1.82) is 0 Å². The smallest absolute Gasteiger partial charge is 0.255 e. The van der Waals surface area contributed by atoms with E-state index in [0.717, 1.165) is 34.5 Å². The molecule has 1 aromatic carbocycles. The number of pyridine rings is 1. The normalized spacial score (nSPS) is 11.3. The number of aromatic nitrogens is 3. The van der Waals surface area contributed by atoms with E-state index in [1.807, 2.05) is 64.2 Å². The van der Waals surface area contributed by atoms with E-state index in [9.17, 15) is 4.79 Å². The predicted octanol–water partition coefficient (Wildman–Crippen LogP) is 2.79. The van der Waals surface area contributed by atoms with Crippen molar-refractivity contribution in [2.24, 2.45) is 7.05 Å².